The van der Waals surface area contributed by atoms with Crippen LogP contribution in [-0.4, -0.2) is 10.3 Å². The van der Waals surface area contributed by atoms with Crippen molar-refractivity contribution in [2.24, 2.45) is 4.99 Å². The molecule has 10 rings (SSSR count). The van der Waals surface area contributed by atoms with Crippen molar-refractivity contribution in [1.29, 1.82) is 0 Å². The fourth-order valence-electron chi connectivity index (χ4n) is 7.82. The van der Waals surface area contributed by atoms with Gasteiger partial charge in [-0.2, -0.15) is 0 Å². The van der Waals surface area contributed by atoms with E-state index in [1.807, 2.05) is 11.3 Å². The van der Waals surface area contributed by atoms with E-state index in [1.165, 1.54) is 64.0 Å². The van der Waals surface area contributed by atoms with Gasteiger partial charge in [-0.05, 0) is 90.3 Å². The molecule has 0 spiro atoms. The zero-order valence-corrected chi connectivity index (χ0v) is 27.5. The molecule has 0 fully saturated rings. The van der Waals surface area contributed by atoms with Crippen LogP contribution in [0, 0.1) is 13.8 Å². The van der Waals surface area contributed by atoms with Gasteiger partial charge in [-0.25, -0.2) is 4.99 Å². The molecular formula is C44H31N3S. The molecule has 48 heavy (non-hydrogen) atoms. The van der Waals surface area contributed by atoms with E-state index in [9.17, 15) is 0 Å². The second-order valence-electron chi connectivity index (χ2n) is 13.0. The van der Waals surface area contributed by atoms with E-state index in [0.29, 0.717) is 0 Å². The van der Waals surface area contributed by atoms with E-state index in [-0.39, 0.29) is 6.29 Å². The van der Waals surface area contributed by atoms with Crippen LogP contribution in [0.3, 0.4) is 0 Å². The van der Waals surface area contributed by atoms with Gasteiger partial charge < -0.3 is 9.88 Å². The molecule has 7 aromatic carbocycles. The van der Waals surface area contributed by atoms with Crippen molar-refractivity contribution in [2.45, 2.75) is 20.1 Å². The second-order valence-corrected chi connectivity index (χ2v) is 14.1. The average Bonchev–Trinajstić information content (AvgIpc) is 3.66. The zero-order chi connectivity index (χ0) is 31.9. The van der Waals surface area contributed by atoms with Crippen LogP contribution in [0.4, 0.5) is 5.69 Å². The fourth-order valence-corrected chi connectivity index (χ4v) is 8.92. The lowest BCUT2D eigenvalue weighted by molar-refractivity contribution is 0.624. The smallest absolute Gasteiger partial charge is 0.201 e. The predicted molar refractivity (Wildman–Crippen MR) is 206 cm³/mol. The second kappa shape index (κ2) is 10.4. The van der Waals surface area contributed by atoms with E-state index in [2.05, 4.69) is 163 Å². The Bertz CT molecular complexity index is 2780. The van der Waals surface area contributed by atoms with E-state index in [4.69, 9.17) is 4.99 Å². The number of thiophene rings is 1. The van der Waals surface area contributed by atoms with Crippen LogP contribution in [0.5, 0.6) is 0 Å². The average molecular weight is 634 g/mol. The third-order valence-corrected chi connectivity index (χ3v) is 11.0. The molecule has 1 unspecified atom stereocenters. The molecule has 2 aromatic heterocycles. The Kier molecular flexibility index (Phi) is 5.94. The maximum absolute atomic E-state index is 5.45. The number of aromatic nitrogens is 1. The van der Waals surface area contributed by atoms with Gasteiger partial charge in [0, 0.05) is 47.8 Å². The fraction of sp³-hybridized carbons (Fsp3) is 0.0682. The minimum Gasteiger partial charge on any atom is -0.346 e. The summed E-state index contributed by atoms with van der Waals surface area (Å²) in [6, 6.07) is 51.1. The van der Waals surface area contributed by atoms with Crippen LogP contribution < -0.4 is 5.32 Å². The number of benzene rings is 7. The molecule has 1 aliphatic heterocycles. The van der Waals surface area contributed by atoms with Crippen LogP contribution >= 0.6 is 11.3 Å². The van der Waals surface area contributed by atoms with E-state index in [1.54, 1.807) is 0 Å². The molecule has 228 valence electrons. The standard InChI is InChI=1S/C44H31N3S/c1-26-21-27(2)23-31(22-26)43-34-12-5-7-13-37(34)45-44(46-43)47-38-14-8-6-11-33(38)35-24-29(15-18-39(35)47)30-17-19-40-36(25-30)42-32-10-4-3-9-28(32)16-20-41(42)48-40/h3-25,44-45H,1-2H3. The van der Waals surface area contributed by atoms with Gasteiger partial charge in [0.15, 0.2) is 0 Å². The number of para-hydroxylation sites is 2. The van der Waals surface area contributed by atoms with Crippen LogP contribution in [0.2, 0.25) is 0 Å². The molecule has 9 aromatic rings. The molecule has 0 aliphatic carbocycles. The summed E-state index contributed by atoms with van der Waals surface area (Å²) in [4.78, 5) is 5.45. The Morgan fingerprint density at radius 2 is 1.25 bits per heavy atom. The van der Waals surface area contributed by atoms with Gasteiger partial charge in [-0.15, -0.1) is 11.3 Å². The summed E-state index contributed by atoms with van der Waals surface area (Å²) in [5, 5.41) is 11.5. The number of anilines is 1. The normalized spacial score (nSPS) is 14.5. The minimum atomic E-state index is -0.300. The van der Waals surface area contributed by atoms with E-state index in [0.717, 1.165) is 33.6 Å². The number of aliphatic imine (C=N–C) groups is 1. The maximum atomic E-state index is 5.45. The number of hydrogen-bond donors (Lipinski definition) is 1. The Balaban J connectivity index is 1.16. The number of rotatable bonds is 3. The molecule has 0 radical (unpaired) electrons. The summed E-state index contributed by atoms with van der Waals surface area (Å²) >= 11 is 1.88. The number of nitrogens with one attached hydrogen (secondary N) is 1. The lowest BCUT2D eigenvalue weighted by Crippen LogP contribution is -2.25. The van der Waals surface area contributed by atoms with Crippen molar-refractivity contribution in [2.75, 3.05) is 5.32 Å². The van der Waals surface area contributed by atoms with E-state index < -0.39 is 0 Å². The number of nitrogens with zero attached hydrogens (tertiary/aromatic N) is 2. The van der Waals surface area contributed by atoms with Crippen LogP contribution in [0.15, 0.2) is 145 Å². The van der Waals surface area contributed by atoms with Crippen LogP contribution in [-0.2, 0) is 0 Å². The highest BCUT2D eigenvalue weighted by Crippen LogP contribution is 2.42. The van der Waals surface area contributed by atoms with Gasteiger partial charge in [0.2, 0.25) is 6.29 Å². The quantitative estimate of drug-likeness (QED) is 0.206. The summed E-state index contributed by atoms with van der Waals surface area (Å²) in [5.74, 6) is 0. The van der Waals surface area contributed by atoms with Gasteiger partial charge in [0.1, 0.15) is 0 Å². The van der Waals surface area contributed by atoms with Gasteiger partial charge in [0.25, 0.3) is 0 Å². The Morgan fingerprint density at radius 1 is 0.562 bits per heavy atom. The number of aryl methyl sites for hydroxylation is 2. The summed E-state index contributed by atoms with van der Waals surface area (Å²) in [5.41, 5.74) is 11.7. The van der Waals surface area contributed by atoms with Crippen molar-refractivity contribution < 1.29 is 0 Å². The molecule has 0 saturated carbocycles. The Morgan fingerprint density at radius 3 is 2.12 bits per heavy atom. The molecule has 0 saturated heterocycles. The topological polar surface area (TPSA) is 29.3 Å². The summed E-state index contributed by atoms with van der Waals surface area (Å²) < 4.78 is 5.03. The monoisotopic (exact) mass is 633 g/mol. The lowest BCUT2D eigenvalue weighted by Gasteiger charge is -2.28. The van der Waals surface area contributed by atoms with Crippen molar-refractivity contribution in [3.05, 3.63) is 162 Å². The first-order chi connectivity index (χ1) is 23.6. The molecule has 1 atom stereocenters. The largest absolute Gasteiger partial charge is 0.346 e. The molecule has 1 N–H and O–H groups in total. The molecule has 3 nitrogen and oxygen atoms in total. The third-order valence-electron chi connectivity index (χ3n) is 9.86. The van der Waals surface area contributed by atoms with Gasteiger partial charge in [0.05, 0.1) is 16.7 Å². The molecule has 0 amide bonds. The predicted octanol–water partition coefficient (Wildman–Crippen LogP) is 12.0. The first-order valence-electron chi connectivity index (χ1n) is 16.5. The third kappa shape index (κ3) is 4.16. The van der Waals surface area contributed by atoms with Crippen molar-refractivity contribution in [3.63, 3.8) is 0 Å². The SMILES string of the molecule is Cc1cc(C)cc(C2=NC(n3c4ccccc4c4cc(-c5ccc6sc7ccc8ccccc8c7c6c5)ccc43)Nc3ccccc32)c1. The van der Waals surface area contributed by atoms with Crippen LogP contribution in [0.25, 0.3) is 63.9 Å². The van der Waals surface area contributed by atoms with Crippen LogP contribution in [0.1, 0.15) is 28.5 Å². The van der Waals surface area contributed by atoms with E-state index >= 15 is 0 Å². The molecular weight excluding hydrogens is 603 g/mol. The number of hydrogen-bond acceptors (Lipinski definition) is 3. The van der Waals surface area contributed by atoms with Gasteiger partial charge >= 0.3 is 0 Å². The lowest BCUT2D eigenvalue weighted by atomic mass is 9.96. The zero-order valence-electron chi connectivity index (χ0n) is 26.7. The number of fused-ring (bicyclic) bond motifs is 9. The highest BCUT2D eigenvalue weighted by Gasteiger charge is 2.25. The molecule has 3 heterocycles. The van der Waals surface area contributed by atoms with Gasteiger partial charge in [-0.3, -0.25) is 0 Å². The van der Waals surface area contributed by atoms with Gasteiger partial charge in [-0.1, -0.05) is 96.1 Å². The Labute approximate surface area is 282 Å². The molecule has 0 bridgehead atoms. The highest BCUT2D eigenvalue weighted by atomic mass is 32.1. The first kappa shape index (κ1) is 27.4. The molecule has 1 aliphatic rings. The summed E-state index contributed by atoms with van der Waals surface area (Å²) in [7, 11) is 0. The Hall–Kier alpha value is -5.71. The van der Waals surface area contributed by atoms with Crippen molar-refractivity contribution >= 4 is 75.5 Å². The minimum absolute atomic E-state index is 0.300. The summed E-state index contributed by atoms with van der Waals surface area (Å²) in [6.07, 6.45) is -0.300. The highest BCUT2D eigenvalue weighted by molar-refractivity contribution is 7.26. The maximum Gasteiger partial charge on any atom is 0.201 e. The first-order valence-corrected chi connectivity index (χ1v) is 17.3. The van der Waals surface area contributed by atoms with Crippen molar-refractivity contribution in [1.82, 2.24) is 4.57 Å². The molecule has 4 heteroatoms. The van der Waals surface area contributed by atoms with Crippen molar-refractivity contribution in [3.8, 4) is 11.1 Å². The summed E-state index contributed by atoms with van der Waals surface area (Å²) in [6.45, 7) is 4.32.